The van der Waals surface area contributed by atoms with Crippen molar-refractivity contribution in [1.82, 2.24) is 14.3 Å². The molecule has 2 aliphatic rings. The Hall–Kier alpha value is -0.380. The zero-order valence-electron chi connectivity index (χ0n) is 12.0. The van der Waals surface area contributed by atoms with Gasteiger partial charge in [0.05, 0.1) is 0 Å². The smallest absolute Gasteiger partial charge is 0.315 e. The van der Waals surface area contributed by atoms with Gasteiger partial charge in [-0.25, -0.2) is 0 Å². The molecule has 21 heavy (non-hydrogen) atoms. The van der Waals surface area contributed by atoms with E-state index in [4.69, 9.17) is 0 Å². The van der Waals surface area contributed by atoms with E-state index >= 15 is 0 Å². The van der Waals surface area contributed by atoms with E-state index in [2.05, 4.69) is 5.32 Å². The van der Waals surface area contributed by atoms with Crippen molar-refractivity contribution in [3.05, 3.63) is 0 Å². The van der Waals surface area contributed by atoms with Crippen molar-refractivity contribution >= 4 is 10.2 Å². The molecule has 0 aromatic rings. The Bertz CT molecular complexity index is 463. The van der Waals surface area contributed by atoms with Gasteiger partial charge in [-0.3, -0.25) is 0 Å². The van der Waals surface area contributed by atoms with Crippen LogP contribution in [0.5, 0.6) is 0 Å². The predicted molar refractivity (Wildman–Crippen MR) is 73.0 cm³/mol. The highest BCUT2D eigenvalue weighted by molar-refractivity contribution is 7.87. The molecule has 1 saturated carbocycles. The molecule has 0 bridgehead atoms. The molecule has 1 aliphatic carbocycles. The lowest BCUT2D eigenvalue weighted by Crippen LogP contribution is -2.57. The summed E-state index contributed by atoms with van der Waals surface area (Å²) in [6, 6.07) is -0.278. The van der Waals surface area contributed by atoms with E-state index in [1.165, 1.54) is 4.31 Å². The number of nitrogens with one attached hydrogen (secondary N) is 2. The van der Waals surface area contributed by atoms with Gasteiger partial charge in [0.25, 0.3) is 10.2 Å². The average Bonchev–Trinajstić information content (AvgIpc) is 3.16. The summed E-state index contributed by atoms with van der Waals surface area (Å²) < 4.78 is 66.6. The first-order valence-electron chi connectivity index (χ1n) is 7.30. The summed E-state index contributed by atoms with van der Waals surface area (Å²) in [5.74, 6) is 0. The molecule has 5 nitrogen and oxygen atoms in total. The summed E-state index contributed by atoms with van der Waals surface area (Å²) in [4.78, 5) is 0. The van der Waals surface area contributed by atoms with Gasteiger partial charge in [0, 0.05) is 19.1 Å². The lowest BCUT2D eigenvalue weighted by molar-refractivity contribution is -0.161. The molecule has 0 amide bonds. The molecular formula is C12H22F3N3O2S. The largest absolute Gasteiger partial charge is 0.407 e. The maximum absolute atomic E-state index is 12.9. The third-order valence-electron chi connectivity index (χ3n) is 4.13. The van der Waals surface area contributed by atoms with E-state index in [-0.39, 0.29) is 25.4 Å². The minimum atomic E-state index is -4.53. The fourth-order valence-electron chi connectivity index (χ4n) is 2.68. The highest BCUT2D eigenvalue weighted by atomic mass is 32.2. The van der Waals surface area contributed by atoms with Crippen LogP contribution in [0.4, 0.5) is 13.2 Å². The van der Waals surface area contributed by atoms with Crippen molar-refractivity contribution in [2.24, 2.45) is 0 Å². The second kappa shape index (κ2) is 6.02. The fourth-order valence-corrected chi connectivity index (χ4v) is 4.55. The number of halogens is 3. The molecule has 0 aromatic heterocycles. The molecule has 1 saturated heterocycles. The quantitative estimate of drug-likeness (QED) is 0.774. The highest BCUT2D eigenvalue weighted by Crippen LogP contribution is 2.49. The van der Waals surface area contributed by atoms with Crippen molar-refractivity contribution in [1.29, 1.82) is 0 Å². The Balaban J connectivity index is 2.10. The van der Waals surface area contributed by atoms with Crippen LogP contribution in [0.2, 0.25) is 0 Å². The predicted octanol–water partition coefficient (Wildman–Crippen LogP) is 1.38. The number of nitrogens with zero attached hydrogens (tertiary/aromatic N) is 1. The lowest BCUT2D eigenvalue weighted by atomic mass is 10.1. The Morgan fingerprint density at radius 3 is 2.48 bits per heavy atom. The number of hydrogen-bond acceptors (Lipinski definition) is 3. The summed E-state index contributed by atoms with van der Waals surface area (Å²) in [6.45, 7) is 3.35. The molecule has 1 heterocycles. The molecule has 0 aromatic carbocycles. The van der Waals surface area contributed by atoms with E-state index < -0.39 is 21.9 Å². The zero-order chi connectivity index (χ0) is 15.7. The normalized spacial score (nSPS) is 26.8. The van der Waals surface area contributed by atoms with Crippen molar-refractivity contribution in [3.63, 3.8) is 0 Å². The summed E-state index contributed by atoms with van der Waals surface area (Å²) >= 11 is 0. The molecule has 0 radical (unpaired) electrons. The van der Waals surface area contributed by atoms with Gasteiger partial charge in [-0.05, 0) is 32.2 Å². The van der Waals surface area contributed by atoms with Crippen molar-refractivity contribution in [2.45, 2.75) is 56.8 Å². The summed E-state index contributed by atoms with van der Waals surface area (Å²) in [6.07, 6.45) is -2.64. The standard InChI is InChI=1S/C12H22F3N3O2S/c1-2-16-9-10-5-3-4-8-18(10)21(19,20)17-11(6-7-11)12(13,14)15/h10,16-17H,2-9H2,1H3. The van der Waals surface area contributed by atoms with Crippen molar-refractivity contribution < 1.29 is 21.6 Å². The van der Waals surface area contributed by atoms with Gasteiger partial charge in [-0.1, -0.05) is 13.3 Å². The first-order chi connectivity index (χ1) is 9.72. The van der Waals surface area contributed by atoms with Gasteiger partial charge in [0.2, 0.25) is 0 Å². The van der Waals surface area contributed by atoms with Crippen LogP contribution in [-0.2, 0) is 10.2 Å². The van der Waals surface area contributed by atoms with Crippen LogP contribution in [0.1, 0.15) is 39.0 Å². The molecule has 1 atom stereocenters. The van der Waals surface area contributed by atoms with E-state index in [1.54, 1.807) is 0 Å². The lowest BCUT2D eigenvalue weighted by Gasteiger charge is -2.36. The van der Waals surface area contributed by atoms with Crippen LogP contribution in [0.3, 0.4) is 0 Å². The number of alkyl halides is 3. The minimum absolute atomic E-state index is 0.179. The average molecular weight is 329 g/mol. The van der Waals surface area contributed by atoms with Crippen LogP contribution in [0.25, 0.3) is 0 Å². The first kappa shape index (κ1) is 17.0. The Labute approximate surface area is 123 Å². The molecule has 0 spiro atoms. The second-order valence-corrected chi connectivity index (χ2v) is 7.38. The van der Waals surface area contributed by atoms with Gasteiger partial charge >= 0.3 is 6.18 Å². The van der Waals surface area contributed by atoms with Crippen molar-refractivity contribution in [3.8, 4) is 0 Å². The zero-order valence-corrected chi connectivity index (χ0v) is 12.9. The molecular weight excluding hydrogens is 307 g/mol. The topological polar surface area (TPSA) is 61.4 Å². The molecule has 124 valence electrons. The van der Waals surface area contributed by atoms with Crippen LogP contribution in [0, 0.1) is 0 Å². The summed E-state index contributed by atoms with van der Waals surface area (Å²) in [7, 11) is -4.12. The Morgan fingerprint density at radius 2 is 1.95 bits per heavy atom. The molecule has 2 N–H and O–H groups in total. The van der Waals surface area contributed by atoms with Crippen LogP contribution < -0.4 is 10.0 Å². The molecule has 2 rings (SSSR count). The van der Waals surface area contributed by atoms with Crippen LogP contribution in [0.15, 0.2) is 0 Å². The van der Waals surface area contributed by atoms with Crippen molar-refractivity contribution in [2.75, 3.05) is 19.6 Å². The molecule has 9 heteroatoms. The molecule has 1 aliphatic heterocycles. The van der Waals surface area contributed by atoms with Gasteiger partial charge in [0.1, 0.15) is 5.54 Å². The maximum Gasteiger partial charge on any atom is 0.407 e. The van der Waals surface area contributed by atoms with E-state index in [1.807, 2.05) is 11.6 Å². The summed E-state index contributed by atoms with van der Waals surface area (Å²) in [5.41, 5.74) is -2.24. The SMILES string of the molecule is CCNCC1CCCCN1S(=O)(=O)NC1(C(F)(F)F)CC1. The van der Waals surface area contributed by atoms with E-state index in [9.17, 15) is 21.6 Å². The maximum atomic E-state index is 12.9. The van der Waals surface area contributed by atoms with E-state index in [0.717, 1.165) is 6.42 Å². The van der Waals surface area contributed by atoms with E-state index in [0.29, 0.717) is 25.9 Å². The second-order valence-electron chi connectivity index (χ2n) is 5.75. The highest BCUT2D eigenvalue weighted by Gasteiger charge is 2.65. The van der Waals surface area contributed by atoms with Gasteiger partial charge in [-0.15, -0.1) is 0 Å². The third kappa shape index (κ3) is 3.69. The van der Waals surface area contributed by atoms with Gasteiger partial charge < -0.3 is 5.32 Å². The first-order valence-corrected chi connectivity index (χ1v) is 8.74. The van der Waals surface area contributed by atoms with Crippen LogP contribution in [-0.4, -0.2) is 50.1 Å². The Morgan fingerprint density at radius 1 is 1.29 bits per heavy atom. The summed E-state index contributed by atoms with van der Waals surface area (Å²) in [5, 5.41) is 3.07. The van der Waals surface area contributed by atoms with Gasteiger partial charge in [-0.2, -0.15) is 30.6 Å². The Kier molecular flexibility index (Phi) is 4.87. The monoisotopic (exact) mass is 329 g/mol. The minimum Gasteiger partial charge on any atom is -0.315 e. The fraction of sp³-hybridized carbons (Fsp3) is 1.00. The molecule has 1 unspecified atom stereocenters. The number of rotatable bonds is 6. The number of hydrogen-bond donors (Lipinski definition) is 2. The van der Waals surface area contributed by atoms with Crippen LogP contribution >= 0.6 is 0 Å². The number of piperidine rings is 1. The molecule has 2 fully saturated rings. The number of likely N-dealkylation sites (N-methyl/N-ethyl adjacent to an activating group) is 1. The third-order valence-corrected chi connectivity index (χ3v) is 5.88. The van der Waals surface area contributed by atoms with Gasteiger partial charge in [0.15, 0.2) is 0 Å².